The highest BCUT2D eigenvalue weighted by atomic mass is 35.5. The van der Waals surface area contributed by atoms with Gasteiger partial charge in [-0.25, -0.2) is 14.8 Å². The maximum Gasteiger partial charge on any atom is 0.345 e. The lowest BCUT2D eigenvalue weighted by molar-refractivity contribution is -0.145. The SMILES string of the molecule is C=C/C(CC(Oc1nsc2cnc(-c3cccc(OC)c3)c(-c3ccc(OCCN4CCN(C)CC4)c(Cl)c3C)c12)C(=O)O)=C(\C)OCc1ccnc(-c2ccccc2COC)n1. The summed E-state index contributed by atoms with van der Waals surface area (Å²) in [5.41, 5.74) is 6.63. The number of piperazine rings is 1. The summed E-state index contributed by atoms with van der Waals surface area (Å²) in [6.45, 7) is 13.5. The number of rotatable bonds is 19. The van der Waals surface area contributed by atoms with E-state index in [2.05, 4.69) is 32.8 Å². The number of carboxylic acid groups (broad SMARTS) is 1. The van der Waals surface area contributed by atoms with E-state index in [1.165, 1.54) is 11.5 Å². The first kappa shape index (κ1) is 45.1. The van der Waals surface area contributed by atoms with Gasteiger partial charge in [-0.05, 0) is 79.0 Å². The van der Waals surface area contributed by atoms with Crippen LogP contribution in [0.25, 0.3) is 43.9 Å². The van der Waals surface area contributed by atoms with Crippen molar-refractivity contribution in [2.24, 2.45) is 0 Å². The molecule has 0 amide bonds. The second-order valence-corrected chi connectivity index (χ2v) is 16.4. The van der Waals surface area contributed by atoms with Crippen molar-refractivity contribution >= 4 is 39.2 Å². The van der Waals surface area contributed by atoms with E-state index < -0.39 is 12.1 Å². The number of likely N-dealkylation sites (N-methyl/N-ethyl adjacent to an activating group) is 1. The van der Waals surface area contributed by atoms with Crippen molar-refractivity contribution in [3.05, 3.63) is 125 Å². The number of methoxy groups -OCH3 is 2. The Bertz CT molecular complexity index is 2610. The smallest absolute Gasteiger partial charge is 0.345 e. The lowest BCUT2D eigenvalue weighted by Crippen LogP contribution is -2.45. The van der Waals surface area contributed by atoms with Gasteiger partial charge in [-0.1, -0.05) is 66.7 Å². The molecule has 13 nitrogen and oxygen atoms in total. The molecule has 6 aromatic rings. The van der Waals surface area contributed by atoms with Crippen molar-refractivity contribution in [2.45, 2.75) is 39.6 Å². The van der Waals surface area contributed by atoms with Crippen LogP contribution in [0.15, 0.2) is 103 Å². The predicted molar refractivity (Wildman–Crippen MR) is 247 cm³/mol. The molecule has 0 radical (unpaired) electrons. The fourth-order valence-electron chi connectivity index (χ4n) is 7.43. The minimum atomic E-state index is -1.35. The first-order valence-corrected chi connectivity index (χ1v) is 21.7. The number of aromatic nitrogens is 4. The van der Waals surface area contributed by atoms with Crippen LogP contribution in [0.3, 0.4) is 0 Å². The van der Waals surface area contributed by atoms with Gasteiger partial charge in [0.25, 0.3) is 0 Å². The maximum atomic E-state index is 13.0. The lowest BCUT2D eigenvalue weighted by atomic mass is 9.93. The minimum Gasteiger partial charge on any atom is -0.497 e. The first-order chi connectivity index (χ1) is 30.6. The minimum absolute atomic E-state index is 0.0583. The summed E-state index contributed by atoms with van der Waals surface area (Å²) in [6.07, 6.45) is 3.57. The Morgan fingerprint density at radius 2 is 1.83 bits per heavy atom. The normalized spacial score (nSPS) is 14.3. The van der Waals surface area contributed by atoms with E-state index in [1.54, 1.807) is 45.7 Å². The Morgan fingerprint density at radius 1 is 1.02 bits per heavy atom. The first-order valence-electron chi connectivity index (χ1n) is 20.6. The van der Waals surface area contributed by atoms with E-state index in [-0.39, 0.29) is 18.9 Å². The highest BCUT2D eigenvalue weighted by molar-refractivity contribution is 7.13. The van der Waals surface area contributed by atoms with Crippen LogP contribution >= 0.6 is 23.1 Å². The zero-order valence-corrected chi connectivity index (χ0v) is 37.7. The number of aliphatic carboxylic acids is 1. The highest BCUT2D eigenvalue weighted by Gasteiger charge is 2.28. The molecule has 1 atom stereocenters. The number of allylic oxidation sites excluding steroid dienone is 2. The number of carboxylic acids is 1. The van der Waals surface area contributed by atoms with Gasteiger partial charge in [-0.2, -0.15) is 4.37 Å². The average molecular weight is 891 g/mol. The summed E-state index contributed by atoms with van der Waals surface area (Å²) in [6, 6.07) is 21.0. The van der Waals surface area contributed by atoms with E-state index in [9.17, 15) is 9.90 Å². The van der Waals surface area contributed by atoms with Gasteiger partial charge in [0.15, 0.2) is 5.82 Å². The van der Waals surface area contributed by atoms with Crippen LogP contribution in [-0.2, 0) is 27.5 Å². The van der Waals surface area contributed by atoms with Gasteiger partial charge in [0.1, 0.15) is 24.7 Å². The molecule has 3 aromatic heterocycles. The molecule has 1 aliphatic heterocycles. The number of benzene rings is 3. The quantitative estimate of drug-likeness (QED) is 0.0611. The van der Waals surface area contributed by atoms with E-state index in [0.29, 0.717) is 73.9 Å². The van der Waals surface area contributed by atoms with Crippen molar-refractivity contribution < 1.29 is 33.6 Å². The standard InChI is InChI=1S/C48H51ClN6O7S/c1-7-32(31(3)61-29-35-17-18-50-46(52-35)38-14-9-8-11-34(38)28-58-5)26-40(48(56)57)62-47-43-41(63-53-47)27-51-45(33-12-10-13-36(25-33)59-6)42(43)37-15-16-39(44(49)30(37)2)60-24-23-55-21-19-54(4)20-22-55/h7-18,25,27,40H,1,19-24,26,28-29H2,2-6H3,(H,56,57)/b32-31-. The molecule has 0 saturated carbocycles. The molecular weight excluding hydrogens is 840 g/mol. The molecular formula is C48H51ClN6O7S. The monoisotopic (exact) mass is 890 g/mol. The summed E-state index contributed by atoms with van der Waals surface area (Å²) in [4.78, 5) is 31.8. The van der Waals surface area contributed by atoms with Crippen molar-refractivity contribution in [1.82, 2.24) is 29.1 Å². The summed E-state index contributed by atoms with van der Waals surface area (Å²) in [5, 5.41) is 11.7. The average Bonchev–Trinajstić information content (AvgIpc) is 3.71. The number of halogens is 1. The van der Waals surface area contributed by atoms with Crippen LogP contribution in [-0.4, -0.2) is 107 Å². The van der Waals surface area contributed by atoms with Gasteiger partial charge in [0.05, 0.1) is 46.0 Å². The molecule has 328 valence electrons. The van der Waals surface area contributed by atoms with Crippen LogP contribution in [0.5, 0.6) is 17.4 Å². The van der Waals surface area contributed by atoms with Crippen LogP contribution < -0.4 is 14.2 Å². The summed E-state index contributed by atoms with van der Waals surface area (Å²) >= 11 is 8.27. The molecule has 0 spiro atoms. The Hall–Kier alpha value is -5.90. The van der Waals surface area contributed by atoms with Crippen molar-refractivity contribution in [3.63, 3.8) is 0 Å². The fourth-order valence-corrected chi connectivity index (χ4v) is 8.34. The molecule has 1 unspecified atom stereocenters. The van der Waals surface area contributed by atoms with Gasteiger partial charge in [-0.15, -0.1) is 0 Å². The summed E-state index contributed by atoms with van der Waals surface area (Å²) in [7, 11) is 5.39. The van der Waals surface area contributed by atoms with Gasteiger partial charge in [0, 0.05) is 75.3 Å². The summed E-state index contributed by atoms with van der Waals surface area (Å²) < 4.78 is 35.1. The molecule has 63 heavy (non-hydrogen) atoms. The molecule has 0 bridgehead atoms. The molecule has 15 heteroatoms. The van der Waals surface area contributed by atoms with Gasteiger partial charge >= 0.3 is 5.97 Å². The number of hydrogen-bond donors (Lipinski definition) is 1. The maximum absolute atomic E-state index is 13.0. The number of ether oxygens (including phenoxy) is 5. The lowest BCUT2D eigenvalue weighted by Gasteiger charge is -2.32. The van der Waals surface area contributed by atoms with E-state index in [1.807, 2.05) is 67.6 Å². The Balaban J connectivity index is 1.18. The molecule has 1 N–H and O–H groups in total. The third-order valence-electron chi connectivity index (χ3n) is 11.1. The van der Waals surface area contributed by atoms with E-state index >= 15 is 0 Å². The molecule has 3 aromatic carbocycles. The molecule has 7 rings (SSSR count). The largest absolute Gasteiger partial charge is 0.497 e. The molecule has 1 fully saturated rings. The number of nitrogens with zero attached hydrogens (tertiary/aromatic N) is 6. The van der Waals surface area contributed by atoms with Crippen LogP contribution in [0.2, 0.25) is 5.02 Å². The molecule has 1 saturated heterocycles. The number of hydrogen-bond acceptors (Lipinski definition) is 13. The fraction of sp³-hybridized carbons (Fsp3) is 0.312. The van der Waals surface area contributed by atoms with Crippen molar-refractivity contribution in [3.8, 4) is 51.2 Å². The highest BCUT2D eigenvalue weighted by Crippen LogP contribution is 2.46. The predicted octanol–water partition coefficient (Wildman–Crippen LogP) is 9.12. The van der Waals surface area contributed by atoms with Crippen molar-refractivity contribution in [2.75, 3.05) is 60.6 Å². The zero-order valence-electron chi connectivity index (χ0n) is 36.1. The second-order valence-electron chi connectivity index (χ2n) is 15.2. The Kier molecular flexibility index (Phi) is 15.0. The van der Waals surface area contributed by atoms with E-state index in [4.69, 9.17) is 45.3 Å². The molecule has 1 aliphatic rings. The second kappa shape index (κ2) is 21.0. The zero-order chi connectivity index (χ0) is 44.5. The van der Waals surface area contributed by atoms with Gasteiger partial charge < -0.3 is 33.7 Å². The third-order valence-corrected chi connectivity index (χ3v) is 12.3. The Labute approximate surface area is 376 Å². The van der Waals surface area contributed by atoms with E-state index in [0.717, 1.165) is 60.5 Å². The van der Waals surface area contributed by atoms with Gasteiger partial charge in [0.2, 0.25) is 12.0 Å². The number of pyridine rings is 1. The number of carbonyl (C=O) groups is 1. The molecule has 4 heterocycles. The summed E-state index contributed by atoms with van der Waals surface area (Å²) in [5.74, 6) is 1.22. The van der Waals surface area contributed by atoms with Gasteiger partial charge in [-0.3, -0.25) is 9.88 Å². The topological polar surface area (TPSA) is 141 Å². The number of fused-ring (bicyclic) bond motifs is 1. The molecule has 0 aliphatic carbocycles. The van der Waals surface area contributed by atoms with Crippen LogP contribution in [0.1, 0.15) is 30.2 Å². The Morgan fingerprint density at radius 3 is 2.59 bits per heavy atom. The van der Waals surface area contributed by atoms with Crippen LogP contribution in [0, 0.1) is 6.92 Å². The third kappa shape index (κ3) is 10.7. The van der Waals surface area contributed by atoms with Crippen LogP contribution in [0.4, 0.5) is 0 Å². The van der Waals surface area contributed by atoms with Crippen molar-refractivity contribution in [1.29, 1.82) is 0 Å².